The highest BCUT2D eigenvalue weighted by atomic mass is 16.4. The quantitative estimate of drug-likeness (QED) is 0.798. The van der Waals surface area contributed by atoms with Gasteiger partial charge in [0.25, 0.3) is 0 Å². The van der Waals surface area contributed by atoms with E-state index in [1.165, 1.54) is 5.56 Å². The summed E-state index contributed by atoms with van der Waals surface area (Å²) in [4.78, 5) is 13.2. The maximum Gasteiger partial charge on any atom is 0.337 e. The van der Waals surface area contributed by atoms with Crippen LogP contribution in [-0.2, 0) is 11.2 Å². The zero-order valence-corrected chi connectivity index (χ0v) is 9.13. The highest BCUT2D eigenvalue weighted by Gasteiger charge is 2.27. The molecule has 17 heavy (non-hydrogen) atoms. The van der Waals surface area contributed by atoms with Crippen LogP contribution in [-0.4, -0.2) is 11.1 Å². The Kier molecular flexibility index (Phi) is 2.11. The zero-order chi connectivity index (χ0) is 11.8. The Balaban J connectivity index is 2.20. The predicted molar refractivity (Wildman–Crippen MR) is 65.6 cm³/mol. The van der Waals surface area contributed by atoms with E-state index in [0.29, 0.717) is 12.0 Å². The lowest BCUT2D eigenvalue weighted by Gasteiger charge is -2.16. The molecule has 0 fully saturated rings. The first-order chi connectivity index (χ1) is 8.27. The summed E-state index contributed by atoms with van der Waals surface area (Å²) in [6.07, 6.45) is 7.86. The van der Waals surface area contributed by atoms with Gasteiger partial charge in [0.15, 0.2) is 0 Å². The number of carbonyl (C=O) groups is 1. The summed E-state index contributed by atoms with van der Waals surface area (Å²) in [6.45, 7) is 0. The van der Waals surface area contributed by atoms with E-state index < -0.39 is 5.97 Å². The molecule has 1 aromatic rings. The van der Waals surface area contributed by atoms with Crippen molar-refractivity contribution in [3.8, 4) is 0 Å². The van der Waals surface area contributed by atoms with E-state index in [9.17, 15) is 9.90 Å². The summed E-state index contributed by atoms with van der Waals surface area (Å²) in [5.41, 5.74) is 3.44. The minimum Gasteiger partial charge on any atom is -0.478 e. The smallest absolute Gasteiger partial charge is 0.337 e. The van der Waals surface area contributed by atoms with Gasteiger partial charge in [-0.05, 0) is 23.8 Å². The third-order valence-electron chi connectivity index (χ3n) is 3.05. The fourth-order valence-electron chi connectivity index (χ4n) is 2.28. The van der Waals surface area contributed by atoms with Crippen LogP contribution in [0.25, 0.3) is 0 Å². The normalized spacial score (nSPS) is 16.8. The largest absolute Gasteiger partial charge is 0.478 e. The molecule has 84 valence electrons. The number of fused-ring (bicyclic) bond motifs is 3. The molecule has 0 unspecified atom stereocenters. The molecule has 0 amide bonds. The Hall–Kier alpha value is -2.29. The molecule has 0 bridgehead atoms. The molecule has 2 heterocycles. The zero-order valence-electron chi connectivity index (χ0n) is 9.13. The Morgan fingerprint density at radius 1 is 1.24 bits per heavy atom. The Labute approximate surface area is 99.0 Å². The molecule has 1 aromatic carbocycles. The standard InChI is InChI=1S/C14H11NO2/c16-14(17)11-6-3-4-8-15-12-7-2-1-5-10(12)9-13(11)15/h1-8H,9H2,(H,16,17). The van der Waals surface area contributed by atoms with Crippen LogP contribution in [0.15, 0.2) is 60.0 Å². The second kappa shape index (κ2) is 3.63. The highest BCUT2D eigenvalue weighted by Crippen LogP contribution is 2.37. The van der Waals surface area contributed by atoms with Crippen molar-refractivity contribution in [2.75, 3.05) is 4.90 Å². The molecule has 0 saturated heterocycles. The van der Waals surface area contributed by atoms with Crippen molar-refractivity contribution in [2.24, 2.45) is 0 Å². The van der Waals surface area contributed by atoms with Crippen molar-refractivity contribution in [3.05, 3.63) is 65.5 Å². The van der Waals surface area contributed by atoms with E-state index in [0.717, 1.165) is 11.4 Å². The number of anilines is 1. The molecule has 0 radical (unpaired) electrons. The minimum absolute atomic E-state index is 0.367. The third kappa shape index (κ3) is 1.47. The molecule has 0 saturated carbocycles. The summed E-state index contributed by atoms with van der Waals surface area (Å²) < 4.78 is 0. The molecule has 3 rings (SSSR count). The molecular formula is C14H11NO2. The van der Waals surface area contributed by atoms with Gasteiger partial charge in [0, 0.05) is 24.0 Å². The number of nitrogens with zero attached hydrogens (tertiary/aromatic N) is 1. The average molecular weight is 225 g/mol. The summed E-state index contributed by atoms with van der Waals surface area (Å²) >= 11 is 0. The van der Waals surface area contributed by atoms with Crippen LogP contribution >= 0.6 is 0 Å². The van der Waals surface area contributed by atoms with Crippen LogP contribution in [0, 0.1) is 0 Å². The van der Waals surface area contributed by atoms with E-state index in [1.54, 1.807) is 12.2 Å². The number of benzene rings is 1. The van der Waals surface area contributed by atoms with Crippen LogP contribution in [0.5, 0.6) is 0 Å². The van der Waals surface area contributed by atoms with E-state index in [4.69, 9.17) is 0 Å². The molecule has 1 N–H and O–H groups in total. The molecule has 2 aliphatic heterocycles. The van der Waals surface area contributed by atoms with Crippen LogP contribution in [0.1, 0.15) is 5.56 Å². The summed E-state index contributed by atoms with van der Waals surface area (Å²) in [7, 11) is 0. The average Bonchev–Trinajstić information content (AvgIpc) is 2.54. The Bertz CT molecular complexity index is 582. The number of hydrogen-bond acceptors (Lipinski definition) is 2. The second-order valence-corrected chi connectivity index (χ2v) is 4.04. The predicted octanol–water partition coefficient (Wildman–Crippen LogP) is 2.47. The van der Waals surface area contributed by atoms with Gasteiger partial charge >= 0.3 is 5.97 Å². The maximum absolute atomic E-state index is 11.2. The lowest BCUT2D eigenvalue weighted by atomic mass is 10.1. The second-order valence-electron chi connectivity index (χ2n) is 4.04. The van der Waals surface area contributed by atoms with Crippen LogP contribution < -0.4 is 4.90 Å². The van der Waals surface area contributed by atoms with Crippen molar-refractivity contribution in [3.63, 3.8) is 0 Å². The van der Waals surface area contributed by atoms with Gasteiger partial charge < -0.3 is 10.0 Å². The summed E-state index contributed by atoms with van der Waals surface area (Å²) in [5, 5.41) is 9.23. The van der Waals surface area contributed by atoms with E-state index in [2.05, 4.69) is 0 Å². The van der Waals surface area contributed by atoms with Gasteiger partial charge in [-0.1, -0.05) is 24.3 Å². The number of hydrogen-bond donors (Lipinski definition) is 1. The molecular weight excluding hydrogens is 214 g/mol. The summed E-state index contributed by atoms with van der Waals surface area (Å²) in [6, 6.07) is 7.99. The number of carboxylic acid groups (broad SMARTS) is 1. The van der Waals surface area contributed by atoms with Gasteiger partial charge in [0.1, 0.15) is 0 Å². The topological polar surface area (TPSA) is 40.5 Å². The van der Waals surface area contributed by atoms with Crippen LogP contribution in [0.2, 0.25) is 0 Å². The first kappa shape index (κ1) is 9.90. The first-order valence-corrected chi connectivity index (χ1v) is 5.46. The SMILES string of the molecule is O=C(O)C1=C2Cc3ccccc3N2C=CC=C1. The summed E-state index contributed by atoms with van der Waals surface area (Å²) in [5.74, 6) is -0.877. The van der Waals surface area contributed by atoms with Gasteiger partial charge in [-0.25, -0.2) is 4.79 Å². The van der Waals surface area contributed by atoms with Gasteiger partial charge in [-0.2, -0.15) is 0 Å². The van der Waals surface area contributed by atoms with Crippen LogP contribution in [0.4, 0.5) is 5.69 Å². The monoisotopic (exact) mass is 225 g/mol. The van der Waals surface area contributed by atoms with Gasteiger partial charge in [0.05, 0.1) is 5.57 Å². The number of allylic oxidation sites excluding steroid dienone is 3. The number of aliphatic carboxylic acids is 1. The van der Waals surface area contributed by atoms with Gasteiger partial charge in [-0.3, -0.25) is 0 Å². The first-order valence-electron chi connectivity index (χ1n) is 5.46. The number of carboxylic acids is 1. The molecule has 2 aliphatic rings. The molecule has 0 atom stereocenters. The van der Waals surface area contributed by atoms with E-state index in [1.807, 2.05) is 41.4 Å². The van der Waals surface area contributed by atoms with Crippen molar-refractivity contribution >= 4 is 11.7 Å². The van der Waals surface area contributed by atoms with Crippen molar-refractivity contribution < 1.29 is 9.90 Å². The molecule has 0 aliphatic carbocycles. The molecule has 3 heteroatoms. The highest BCUT2D eigenvalue weighted by molar-refractivity contribution is 5.93. The number of para-hydroxylation sites is 1. The van der Waals surface area contributed by atoms with Gasteiger partial charge in [0.2, 0.25) is 0 Å². The Morgan fingerprint density at radius 2 is 2.06 bits per heavy atom. The maximum atomic E-state index is 11.2. The molecule has 3 nitrogen and oxygen atoms in total. The molecule has 0 aromatic heterocycles. The van der Waals surface area contributed by atoms with Crippen LogP contribution in [0.3, 0.4) is 0 Å². The minimum atomic E-state index is -0.877. The molecule has 0 spiro atoms. The van der Waals surface area contributed by atoms with Gasteiger partial charge in [-0.15, -0.1) is 0 Å². The van der Waals surface area contributed by atoms with E-state index in [-0.39, 0.29) is 0 Å². The lowest BCUT2D eigenvalue weighted by Crippen LogP contribution is -2.14. The van der Waals surface area contributed by atoms with Crippen molar-refractivity contribution in [2.45, 2.75) is 6.42 Å². The number of rotatable bonds is 1. The lowest BCUT2D eigenvalue weighted by molar-refractivity contribution is -0.132. The Morgan fingerprint density at radius 3 is 2.88 bits per heavy atom. The third-order valence-corrected chi connectivity index (χ3v) is 3.05. The van der Waals surface area contributed by atoms with Crippen molar-refractivity contribution in [1.29, 1.82) is 0 Å². The van der Waals surface area contributed by atoms with E-state index >= 15 is 0 Å². The van der Waals surface area contributed by atoms with Crippen molar-refractivity contribution in [1.82, 2.24) is 0 Å². The fraction of sp³-hybridized carbons (Fsp3) is 0.0714. The fourth-order valence-corrected chi connectivity index (χ4v) is 2.28.